The molecule has 2 aromatic carbocycles. The molecular weight excluding hydrogens is 426 g/mol. The second kappa shape index (κ2) is 7.99. The van der Waals surface area contributed by atoms with Crippen molar-refractivity contribution in [3.8, 4) is 0 Å². The molecule has 10 nitrogen and oxygen atoms in total. The molecule has 0 bridgehead atoms. The van der Waals surface area contributed by atoms with Gasteiger partial charge < -0.3 is 9.73 Å². The lowest BCUT2D eigenvalue weighted by Gasteiger charge is -2.12. The number of amides is 1. The number of rotatable bonds is 6. The van der Waals surface area contributed by atoms with Gasteiger partial charge in [-0.1, -0.05) is 18.9 Å². The normalized spacial score (nSPS) is 14.7. The zero-order valence-electron chi connectivity index (χ0n) is 16.3. The summed E-state index contributed by atoms with van der Waals surface area (Å²) in [5.41, 5.74) is 0.290. The lowest BCUT2D eigenvalue weighted by molar-refractivity contribution is -0.384. The van der Waals surface area contributed by atoms with Crippen molar-refractivity contribution in [1.29, 1.82) is 0 Å². The highest BCUT2D eigenvalue weighted by molar-refractivity contribution is 7.92. The molecule has 0 saturated heterocycles. The van der Waals surface area contributed by atoms with Gasteiger partial charge in [-0.05, 0) is 37.1 Å². The molecule has 0 atom stereocenters. The van der Waals surface area contributed by atoms with Crippen LogP contribution in [0.3, 0.4) is 0 Å². The van der Waals surface area contributed by atoms with Crippen molar-refractivity contribution in [3.05, 3.63) is 63.1 Å². The number of oxazole rings is 1. The maximum absolute atomic E-state index is 12.8. The number of aromatic nitrogens is 1. The lowest BCUT2D eigenvalue weighted by Crippen LogP contribution is -2.25. The van der Waals surface area contributed by atoms with E-state index in [4.69, 9.17) is 4.42 Å². The van der Waals surface area contributed by atoms with Crippen LogP contribution in [0.25, 0.3) is 11.1 Å². The van der Waals surface area contributed by atoms with Crippen LogP contribution in [-0.2, 0) is 21.2 Å². The molecule has 0 spiro atoms. The van der Waals surface area contributed by atoms with Gasteiger partial charge >= 0.3 is 5.76 Å². The Bertz CT molecular complexity index is 1330. The van der Waals surface area contributed by atoms with Gasteiger partial charge in [0, 0.05) is 11.8 Å². The summed E-state index contributed by atoms with van der Waals surface area (Å²) in [5.74, 6) is -1.40. The van der Waals surface area contributed by atoms with E-state index in [1.807, 2.05) is 0 Å². The maximum Gasteiger partial charge on any atom is 0.420 e. The van der Waals surface area contributed by atoms with Crippen molar-refractivity contribution in [2.75, 3.05) is 5.32 Å². The number of sulfone groups is 1. The number of benzene rings is 2. The Morgan fingerprint density at radius 1 is 1.19 bits per heavy atom. The second-order valence-corrected chi connectivity index (χ2v) is 9.62. The Hall–Kier alpha value is -3.47. The van der Waals surface area contributed by atoms with Crippen LogP contribution in [0, 0.1) is 10.1 Å². The Kier molecular flexibility index (Phi) is 5.36. The molecular formula is C20H19N3O7S. The van der Waals surface area contributed by atoms with Gasteiger partial charge in [0.2, 0.25) is 5.91 Å². The van der Waals surface area contributed by atoms with Crippen molar-refractivity contribution in [1.82, 2.24) is 4.57 Å². The fourth-order valence-corrected chi connectivity index (χ4v) is 5.70. The first-order chi connectivity index (χ1) is 14.8. The van der Waals surface area contributed by atoms with Crippen LogP contribution in [0.4, 0.5) is 11.4 Å². The topological polar surface area (TPSA) is 142 Å². The number of anilines is 1. The van der Waals surface area contributed by atoms with Crippen LogP contribution in [0.2, 0.25) is 0 Å². The molecule has 0 unspecified atom stereocenters. The minimum atomic E-state index is -3.47. The molecule has 1 amide bonds. The molecule has 0 aliphatic heterocycles. The number of fused-ring (bicyclic) bond motifs is 1. The number of nitrogens with zero attached hydrogens (tertiary/aromatic N) is 2. The zero-order chi connectivity index (χ0) is 22.2. The van der Waals surface area contributed by atoms with Crippen LogP contribution >= 0.6 is 0 Å². The van der Waals surface area contributed by atoms with Gasteiger partial charge in [-0.25, -0.2) is 13.2 Å². The summed E-state index contributed by atoms with van der Waals surface area (Å²) in [6.07, 6.45) is 3.04. The highest BCUT2D eigenvalue weighted by atomic mass is 32.2. The lowest BCUT2D eigenvalue weighted by atomic mass is 10.3. The second-order valence-electron chi connectivity index (χ2n) is 7.39. The summed E-state index contributed by atoms with van der Waals surface area (Å²) in [6, 6.07) is 9.68. The molecule has 1 aliphatic rings. The van der Waals surface area contributed by atoms with Crippen molar-refractivity contribution < 1.29 is 22.6 Å². The average molecular weight is 445 g/mol. The van der Waals surface area contributed by atoms with Crippen molar-refractivity contribution in [2.24, 2.45) is 0 Å². The highest BCUT2D eigenvalue weighted by Gasteiger charge is 2.30. The Balaban J connectivity index is 1.54. The van der Waals surface area contributed by atoms with E-state index < -0.39 is 38.2 Å². The third kappa shape index (κ3) is 4.08. The highest BCUT2D eigenvalue weighted by Crippen LogP contribution is 2.30. The summed E-state index contributed by atoms with van der Waals surface area (Å²) in [4.78, 5) is 35.0. The summed E-state index contributed by atoms with van der Waals surface area (Å²) in [6.45, 7) is -0.400. The van der Waals surface area contributed by atoms with Crippen molar-refractivity contribution >= 4 is 38.2 Å². The summed E-state index contributed by atoms with van der Waals surface area (Å²) in [5, 5.41) is 13.1. The smallest absolute Gasteiger partial charge is 0.407 e. The van der Waals surface area contributed by atoms with Crippen LogP contribution in [0.1, 0.15) is 25.7 Å². The van der Waals surface area contributed by atoms with Gasteiger partial charge in [0.15, 0.2) is 15.4 Å². The third-order valence-corrected chi connectivity index (χ3v) is 7.61. The standard InChI is InChI=1S/C20H19N3O7S/c24-19(12-22-17-9-8-14(23(26)27)11-18(17)30-20(22)25)21-13-4-3-7-16(10-13)31(28,29)15-5-1-2-6-15/h3-4,7-11,15H,1-2,5-6,12H2,(H,21,24). The van der Waals surface area contributed by atoms with Gasteiger partial charge in [-0.15, -0.1) is 0 Å². The van der Waals surface area contributed by atoms with Crippen LogP contribution in [0.5, 0.6) is 0 Å². The molecule has 1 aromatic heterocycles. The molecule has 0 radical (unpaired) electrons. The van der Waals surface area contributed by atoms with Crippen molar-refractivity contribution in [2.45, 2.75) is 42.4 Å². The predicted octanol–water partition coefficient (Wildman–Crippen LogP) is 2.86. The molecule has 1 N–H and O–H groups in total. The van der Waals surface area contributed by atoms with E-state index in [1.54, 1.807) is 12.1 Å². The van der Waals surface area contributed by atoms with Crippen LogP contribution < -0.4 is 11.1 Å². The summed E-state index contributed by atoms with van der Waals surface area (Å²) in [7, 11) is -3.47. The van der Waals surface area contributed by atoms with E-state index in [9.17, 15) is 28.1 Å². The number of hydrogen-bond acceptors (Lipinski definition) is 7. The fraction of sp³-hybridized carbons (Fsp3) is 0.300. The van der Waals surface area contributed by atoms with E-state index in [0.29, 0.717) is 18.5 Å². The summed E-state index contributed by atoms with van der Waals surface area (Å²) < 4.78 is 31.6. The number of nitro groups is 1. The largest absolute Gasteiger partial charge is 0.420 e. The molecule has 1 aliphatic carbocycles. The monoisotopic (exact) mass is 445 g/mol. The average Bonchev–Trinajstić information content (AvgIpc) is 3.37. The first kappa shape index (κ1) is 20.8. The molecule has 11 heteroatoms. The van der Waals surface area contributed by atoms with E-state index in [1.165, 1.54) is 24.3 Å². The third-order valence-electron chi connectivity index (χ3n) is 5.35. The molecule has 4 rings (SSSR count). The van der Waals surface area contributed by atoms with Gasteiger partial charge in [0.05, 0.1) is 26.7 Å². The SMILES string of the molecule is O=C(Cn1c(=O)oc2cc([N+](=O)[O-])ccc21)Nc1cccc(S(=O)(=O)C2CCCC2)c1. The molecule has 1 heterocycles. The van der Waals surface area contributed by atoms with E-state index >= 15 is 0 Å². The number of carbonyl (C=O) groups excluding carboxylic acids is 1. The van der Waals surface area contributed by atoms with Gasteiger partial charge in [0.1, 0.15) is 6.54 Å². The Morgan fingerprint density at radius 3 is 2.65 bits per heavy atom. The van der Waals surface area contributed by atoms with Crippen LogP contribution in [0.15, 0.2) is 56.6 Å². The molecule has 1 fully saturated rings. The van der Waals surface area contributed by atoms with Gasteiger partial charge in [-0.2, -0.15) is 0 Å². The Morgan fingerprint density at radius 2 is 1.94 bits per heavy atom. The minimum absolute atomic E-state index is 0.00310. The summed E-state index contributed by atoms with van der Waals surface area (Å²) >= 11 is 0. The van der Waals surface area contributed by atoms with E-state index in [0.717, 1.165) is 23.5 Å². The number of hydrogen-bond donors (Lipinski definition) is 1. The predicted molar refractivity (Wildman–Crippen MR) is 112 cm³/mol. The van der Waals surface area contributed by atoms with Crippen molar-refractivity contribution in [3.63, 3.8) is 0 Å². The first-order valence-corrected chi connectivity index (χ1v) is 11.2. The van der Waals surface area contributed by atoms with E-state index in [-0.39, 0.29) is 21.7 Å². The van der Waals surface area contributed by atoms with E-state index in [2.05, 4.69) is 5.32 Å². The number of nitro benzene ring substituents is 1. The fourth-order valence-electron chi connectivity index (χ4n) is 3.80. The van der Waals surface area contributed by atoms with Gasteiger partial charge in [0.25, 0.3) is 5.69 Å². The zero-order valence-corrected chi connectivity index (χ0v) is 17.1. The maximum atomic E-state index is 12.8. The minimum Gasteiger partial charge on any atom is -0.407 e. The number of nitrogens with one attached hydrogen (secondary N) is 1. The number of non-ortho nitro benzene ring substituents is 1. The van der Waals surface area contributed by atoms with Crippen LogP contribution in [-0.4, -0.2) is 29.1 Å². The molecule has 31 heavy (non-hydrogen) atoms. The van der Waals surface area contributed by atoms with Gasteiger partial charge in [-0.3, -0.25) is 19.5 Å². The number of carbonyl (C=O) groups is 1. The molecule has 1 saturated carbocycles. The quantitative estimate of drug-likeness (QED) is 0.454. The molecule has 3 aromatic rings. The molecule has 162 valence electrons. The first-order valence-electron chi connectivity index (χ1n) is 9.67. The Labute approximate surface area is 176 Å².